The van der Waals surface area contributed by atoms with Gasteiger partial charge in [0.25, 0.3) is 5.91 Å². The zero-order valence-electron chi connectivity index (χ0n) is 12.5. The van der Waals surface area contributed by atoms with Crippen molar-refractivity contribution >= 4 is 40.7 Å². The minimum atomic E-state index is -4.92. The second-order valence-electron chi connectivity index (χ2n) is 4.96. The Morgan fingerprint density at radius 2 is 1.60 bits per heavy atom. The van der Waals surface area contributed by atoms with Gasteiger partial charge >= 0.3 is 12.1 Å². The van der Waals surface area contributed by atoms with Crippen molar-refractivity contribution in [3.8, 4) is 0 Å². The van der Waals surface area contributed by atoms with Gasteiger partial charge in [-0.2, -0.15) is 13.2 Å². The smallest absolute Gasteiger partial charge is 0.344 e. The maximum absolute atomic E-state index is 12.1. The van der Waals surface area contributed by atoms with Crippen LogP contribution in [0.3, 0.4) is 0 Å². The second kappa shape index (κ2) is 7.76. The number of anilines is 1. The summed E-state index contributed by atoms with van der Waals surface area (Å²) < 4.78 is 36.3. The van der Waals surface area contributed by atoms with E-state index >= 15 is 0 Å². The highest BCUT2D eigenvalue weighted by atomic mass is 35.5. The van der Waals surface area contributed by atoms with Gasteiger partial charge in [-0.25, -0.2) is 0 Å². The number of hydrogen-bond acceptors (Lipinski definition) is 2. The third kappa shape index (κ3) is 5.37. The summed E-state index contributed by atoms with van der Waals surface area (Å²) in [6.45, 7) is -0.278. The molecule has 0 fully saturated rings. The number of amides is 2. The van der Waals surface area contributed by atoms with Crippen molar-refractivity contribution in [2.75, 3.05) is 5.32 Å². The van der Waals surface area contributed by atoms with Crippen LogP contribution in [0.15, 0.2) is 42.5 Å². The van der Waals surface area contributed by atoms with E-state index in [0.717, 1.165) is 0 Å². The van der Waals surface area contributed by atoms with Gasteiger partial charge in [-0.1, -0.05) is 35.3 Å². The predicted octanol–water partition coefficient (Wildman–Crippen LogP) is 4.42. The van der Waals surface area contributed by atoms with Crippen LogP contribution >= 0.6 is 23.2 Å². The Balaban J connectivity index is 1.97. The molecule has 2 amide bonds. The average Bonchev–Trinajstić information content (AvgIpc) is 2.55. The van der Waals surface area contributed by atoms with E-state index in [1.165, 1.54) is 42.5 Å². The molecule has 0 aromatic heterocycles. The lowest BCUT2D eigenvalue weighted by molar-refractivity contribution is -0.173. The molecule has 0 unspecified atom stereocenters. The maximum Gasteiger partial charge on any atom is 0.471 e. The monoisotopic (exact) mass is 390 g/mol. The first-order valence-corrected chi connectivity index (χ1v) is 7.63. The topological polar surface area (TPSA) is 58.2 Å². The van der Waals surface area contributed by atoms with E-state index in [4.69, 9.17) is 23.2 Å². The van der Waals surface area contributed by atoms with Gasteiger partial charge in [0.1, 0.15) is 0 Å². The molecule has 0 aliphatic rings. The van der Waals surface area contributed by atoms with Crippen LogP contribution in [-0.4, -0.2) is 18.0 Å². The van der Waals surface area contributed by atoms with Gasteiger partial charge in [0.2, 0.25) is 0 Å². The summed E-state index contributed by atoms with van der Waals surface area (Å²) in [6, 6.07) is 10.4. The third-order valence-electron chi connectivity index (χ3n) is 3.10. The fraction of sp³-hybridized carbons (Fsp3) is 0.125. The first kappa shape index (κ1) is 19.1. The molecular formula is C16H11Cl2F3N2O2. The molecule has 0 heterocycles. The first-order chi connectivity index (χ1) is 11.7. The van der Waals surface area contributed by atoms with Gasteiger partial charge in [-0.15, -0.1) is 0 Å². The number of alkyl halides is 3. The molecule has 0 bridgehead atoms. The molecule has 0 aliphatic heterocycles. The van der Waals surface area contributed by atoms with Crippen LogP contribution in [0.4, 0.5) is 18.9 Å². The molecular weight excluding hydrogens is 380 g/mol. The molecule has 2 rings (SSSR count). The molecule has 9 heteroatoms. The van der Waals surface area contributed by atoms with E-state index in [1.807, 2.05) is 0 Å². The molecule has 0 spiro atoms. The highest BCUT2D eigenvalue weighted by molar-refractivity contribution is 6.42. The molecule has 2 aromatic carbocycles. The number of hydrogen-bond donors (Lipinski definition) is 2. The SMILES string of the molecule is O=C(Nc1ccc(CNC(=O)C(F)(F)F)cc1)c1ccc(Cl)c(Cl)c1. The van der Waals surface area contributed by atoms with Gasteiger partial charge in [0.15, 0.2) is 0 Å². The van der Waals surface area contributed by atoms with Crippen molar-refractivity contribution in [1.82, 2.24) is 5.32 Å². The third-order valence-corrected chi connectivity index (χ3v) is 3.84. The van der Waals surface area contributed by atoms with E-state index in [9.17, 15) is 22.8 Å². The summed E-state index contributed by atoms with van der Waals surface area (Å²) in [4.78, 5) is 22.8. The highest BCUT2D eigenvalue weighted by Gasteiger charge is 2.38. The largest absolute Gasteiger partial charge is 0.471 e. The van der Waals surface area contributed by atoms with E-state index in [-0.39, 0.29) is 11.6 Å². The van der Waals surface area contributed by atoms with Crippen LogP contribution < -0.4 is 10.6 Å². The first-order valence-electron chi connectivity index (χ1n) is 6.87. The molecule has 4 nitrogen and oxygen atoms in total. The van der Waals surface area contributed by atoms with Crippen LogP contribution in [0.2, 0.25) is 10.0 Å². The molecule has 0 aliphatic carbocycles. The van der Waals surface area contributed by atoms with Gasteiger partial charge in [-0.05, 0) is 35.9 Å². The minimum Gasteiger partial charge on any atom is -0.344 e. The van der Waals surface area contributed by atoms with E-state index < -0.39 is 18.0 Å². The number of benzene rings is 2. The molecule has 132 valence electrons. The van der Waals surface area contributed by atoms with Gasteiger partial charge in [-0.3, -0.25) is 9.59 Å². The van der Waals surface area contributed by atoms with Crippen molar-refractivity contribution in [1.29, 1.82) is 0 Å². The Morgan fingerprint density at radius 3 is 2.16 bits per heavy atom. The summed E-state index contributed by atoms with van der Waals surface area (Å²) in [6.07, 6.45) is -4.92. The lowest BCUT2D eigenvalue weighted by Crippen LogP contribution is -2.36. The molecule has 2 N–H and O–H groups in total. The molecule has 0 atom stereocenters. The van der Waals surface area contributed by atoms with Crippen molar-refractivity contribution < 1.29 is 22.8 Å². The zero-order chi connectivity index (χ0) is 18.6. The molecule has 0 saturated heterocycles. The predicted molar refractivity (Wildman–Crippen MR) is 88.8 cm³/mol. The van der Waals surface area contributed by atoms with E-state index in [0.29, 0.717) is 21.8 Å². The summed E-state index contributed by atoms with van der Waals surface area (Å²) in [7, 11) is 0. The number of carbonyl (C=O) groups is 2. The van der Waals surface area contributed by atoms with Crippen molar-refractivity contribution in [3.05, 3.63) is 63.6 Å². The second-order valence-corrected chi connectivity index (χ2v) is 5.77. The Hall–Kier alpha value is -2.25. The Bertz CT molecular complexity index is 793. The summed E-state index contributed by atoms with van der Waals surface area (Å²) >= 11 is 11.6. The number of carbonyl (C=O) groups excluding carboxylic acids is 2. The lowest BCUT2D eigenvalue weighted by atomic mass is 10.2. The van der Waals surface area contributed by atoms with E-state index in [2.05, 4.69) is 5.32 Å². The van der Waals surface area contributed by atoms with E-state index in [1.54, 1.807) is 5.32 Å². The molecule has 0 saturated carbocycles. The molecule has 0 radical (unpaired) electrons. The molecule has 2 aromatic rings. The summed E-state index contributed by atoms with van der Waals surface area (Å²) in [5, 5.41) is 4.93. The van der Waals surface area contributed by atoms with Crippen LogP contribution in [-0.2, 0) is 11.3 Å². The van der Waals surface area contributed by atoms with Crippen LogP contribution in [0.25, 0.3) is 0 Å². The fourth-order valence-electron chi connectivity index (χ4n) is 1.83. The number of halogens is 5. The Kier molecular flexibility index (Phi) is 5.92. The van der Waals surface area contributed by atoms with Gasteiger partial charge < -0.3 is 10.6 Å². The Morgan fingerprint density at radius 1 is 0.960 bits per heavy atom. The lowest BCUT2D eigenvalue weighted by Gasteiger charge is -2.09. The van der Waals surface area contributed by atoms with Gasteiger partial charge in [0, 0.05) is 17.8 Å². The van der Waals surface area contributed by atoms with Crippen molar-refractivity contribution in [2.45, 2.75) is 12.7 Å². The highest BCUT2D eigenvalue weighted by Crippen LogP contribution is 2.23. The standard InChI is InChI=1S/C16H11Cl2F3N2O2/c17-12-6-3-10(7-13(12)18)14(24)23-11-4-1-9(2-5-11)8-22-15(25)16(19,20)21/h1-7H,8H2,(H,22,25)(H,23,24). The average molecular weight is 391 g/mol. The van der Waals surface area contributed by atoms with Crippen LogP contribution in [0.5, 0.6) is 0 Å². The molecule has 25 heavy (non-hydrogen) atoms. The minimum absolute atomic E-state index is 0.241. The van der Waals surface area contributed by atoms with Crippen molar-refractivity contribution in [2.24, 2.45) is 0 Å². The normalized spacial score (nSPS) is 11.1. The zero-order valence-corrected chi connectivity index (χ0v) is 14.0. The maximum atomic E-state index is 12.1. The van der Waals surface area contributed by atoms with Crippen molar-refractivity contribution in [3.63, 3.8) is 0 Å². The van der Waals surface area contributed by atoms with Crippen LogP contribution in [0.1, 0.15) is 15.9 Å². The van der Waals surface area contributed by atoms with Crippen LogP contribution in [0, 0.1) is 0 Å². The van der Waals surface area contributed by atoms with Gasteiger partial charge in [0.05, 0.1) is 10.0 Å². The fourth-order valence-corrected chi connectivity index (χ4v) is 2.13. The number of rotatable bonds is 4. The summed E-state index contributed by atoms with van der Waals surface area (Å²) in [5.74, 6) is -2.43. The summed E-state index contributed by atoms with van der Waals surface area (Å²) in [5.41, 5.74) is 1.18. The number of nitrogens with one attached hydrogen (secondary N) is 2. The quantitative estimate of drug-likeness (QED) is 0.811. The Labute approximate surface area is 150 Å².